The average Bonchev–Trinajstić information content (AvgIpc) is 2.33. The molecule has 94 valence electrons. The Bertz CT molecular complexity index is 683. The van der Waals surface area contributed by atoms with Crippen molar-refractivity contribution in [2.24, 2.45) is 0 Å². The van der Waals surface area contributed by atoms with Crippen molar-refractivity contribution in [2.45, 2.75) is 6.92 Å². The number of nitrogens with one attached hydrogen (secondary N) is 1. The number of aryl methyl sites for hydroxylation is 1. The van der Waals surface area contributed by atoms with Crippen molar-refractivity contribution < 1.29 is 8.78 Å². The van der Waals surface area contributed by atoms with Crippen LogP contribution in [0, 0.1) is 18.6 Å². The molecule has 0 aliphatic heterocycles. The number of hydrogen-bond acceptors (Lipinski definition) is 2. The van der Waals surface area contributed by atoms with Gasteiger partial charge in [-0.1, -0.05) is 17.7 Å². The van der Waals surface area contributed by atoms with Gasteiger partial charge in [-0.25, -0.2) is 8.78 Å². The monoisotopic (exact) mass is 270 g/mol. The second-order valence-corrected chi connectivity index (χ2v) is 4.22. The summed E-state index contributed by atoms with van der Waals surface area (Å²) in [7, 11) is 0. The van der Waals surface area contributed by atoms with Crippen molar-refractivity contribution in [3.8, 4) is 11.3 Å². The molecule has 3 N–H and O–H groups in total. The summed E-state index contributed by atoms with van der Waals surface area (Å²) < 4.78 is 27.2. The largest absolute Gasteiger partial charge is 0.397 e. The van der Waals surface area contributed by atoms with E-state index in [0.29, 0.717) is 0 Å². The van der Waals surface area contributed by atoms with E-state index in [1.807, 2.05) is 0 Å². The van der Waals surface area contributed by atoms with Gasteiger partial charge in [0, 0.05) is 5.56 Å². The minimum Gasteiger partial charge on any atom is -0.397 e. The summed E-state index contributed by atoms with van der Waals surface area (Å²) >= 11 is 5.60. The molecule has 0 saturated heterocycles. The van der Waals surface area contributed by atoms with E-state index in [9.17, 15) is 13.6 Å². The first-order chi connectivity index (χ1) is 8.41. The van der Waals surface area contributed by atoms with Crippen molar-refractivity contribution in [3.05, 3.63) is 50.8 Å². The lowest BCUT2D eigenvalue weighted by Gasteiger charge is -2.07. The van der Waals surface area contributed by atoms with Crippen LogP contribution in [0.2, 0.25) is 5.02 Å². The lowest BCUT2D eigenvalue weighted by Crippen LogP contribution is -2.10. The van der Waals surface area contributed by atoms with Gasteiger partial charge in [0.25, 0.3) is 5.56 Å². The highest BCUT2D eigenvalue weighted by Gasteiger charge is 2.14. The number of hydrogen-bond donors (Lipinski definition) is 2. The summed E-state index contributed by atoms with van der Waals surface area (Å²) in [6.45, 7) is 1.45. The van der Waals surface area contributed by atoms with Crippen molar-refractivity contribution in [1.29, 1.82) is 0 Å². The van der Waals surface area contributed by atoms with Gasteiger partial charge in [0.2, 0.25) is 0 Å². The number of nitrogens with two attached hydrogens (primary N) is 1. The van der Waals surface area contributed by atoms with Crippen molar-refractivity contribution >= 4 is 17.3 Å². The Kier molecular flexibility index (Phi) is 3.09. The molecule has 3 nitrogen and oxygen atoms in total. The highest BCUT2D eigenvalue weighted by molar-refractivity contribution is 6.32. The lowest BCUT2D eigenvalue weighted by molar-refractivity contribution is 0.505. The molecule has 1 aromatic heterocycles. The normalized spacial score (nSPS) is 10.7. The SMILES string of the molecule is Cc1ccc(-c2cc(N)c(Cl)c(=O)[nH]2)c(F)c1F. The number of pyridine rings is 1. The molecule has 6 heteroatoms. The maximum Gasteiger partial charge on any atom is 0.269 e. The molecule has 0 aliphatic carbocycles. The summed E-state index contributed by atoms with van der Waals surface area (Å²) in [5.41, 5.74) is 5.06. The lowest BCUT2D eigenvalue weighted by atomic mass is 10.1. The Morgan fingerprint density at radius 3 is 2.56 bits per heavy atom. The van der Waals surface area contributed by atoms with E-state index in [2.05, 4.69) is 4.98 Å². The van der Waals surface area contributed by atoms with Gasteiger partial charge < -0.3 is 10.7 Å². The van der Waals surface area contributed by atoms with E-state index < -0.39 is 17.2 Å². The highest BCUT2D eigenvalue weighted by atomic mass is 35.5. The Morgan fingerprint density at radius 1 is 1.28 bits per heavy atom. The smallest absolute Gasteiger partial charge is 0.269 e. The van der Waals surface area contributed by atoms with E-state index in [-0.39, 0.29) is 27.5 Å². The van der Waals surface area contributed by atoms with Gasteiger partial charge in [-0.2, -0.15) is 0 Å². The number of anilines is 1. The molecule has 1 aromatic carbocycles. The van der Waals surface area contributed by atoms with Crippen LogP contribution in [0.5, 0.6) is 0 Å². The van der Waals surface area contributed by atoms with E-state index in [4.69, 9.17) is 17.3 Å². The second kappa shape index (κ2) is 4.42. The number of benzene rings is 1. The number of aromatic nitrogens is 1. The van der Waals surface area contributed by atoms with Crippen LogP contribution >= 0.6 is 11.6 Å². The predicted molar refractivity (Wildman–Crippen MR) is 66.6 cm³/mol. The third kappa shape index (κ3) is 1.97. The third-order valence-corrected chi connectivity index (χ3v) is 2.96. The second-order valence-electron chi connectivity index (χ2n) is 3.84. The zero-order valence-electron chi connectivity index (χ0n) is 9.35. The fraction of sp³-hybridized carbons (Fsp3) is 0.0833. The summed E-state index contributed by atoms with van der Waals surface area (Å²) in [4.78, 5) is 13.8. The van der Waals surface area contributed by atoms with Gasteiger partial charge in [-0.15, -0.1) is 0 Å². The third-order valence-electron chi connectivity index (χ3n) is 2.57. The Balaban J connectivity index is 2.70. The molecule has 2 rings (SSSR count). The zero-order chi connectivity index (χ0) is 13.4. The fourth-order valence-corrected chi connectivity index (χ4v) is 1.66. The van der Waals surface area contributed by atoms with Gasteiger partial charge in [0.15, 0.2) is 11.6 Å². The molecule has 18 heavy (non-hydrogen) atoms. The van der Waals surface area contributed by atoms with Gasteiger partial charge in [0.1, 0.15) is 5.02 Å². The molecule has 0 amide bonds. The van der Waals surface area contributed by atoms with Crippen LogP contribution in [-0.2, 0) is 0 Å². The minimum absolute atomic E-state index is 0.01000. The van der Waals surface area contributed by atoms with Crippen LogP contribution in [-0.4, -0.2) is 4.98 Å². The summed E-state index contributed by atoms with van der Waals surface area (Å²) in [5, 5.41) is -0.174. The molecule has 0 radical (unpaired) electrons. The molecule has 0 saturated carbocycles. The van der Waals surface area contributed by atoms with Crippen molar-refractivity contribution in [1.82, 2.24) is 4.98 Å². The standard InChI is InChI=1S/C12H9ClF2N2O/c1-5-2-3-6(11(15)10(5)14)8-4-7(16)9(13)12(18)17-8/h2-4H,1H3,(H3,16,17,18). The summed E-state index contributed by atoms with van der Waals surface area (Å²) in [6, 6.07) is 4.07. The van der Waals surface area contributed by atoms with Crippen LogP contribution in [0.4, 0.5) is 14.5 Å². The van der Waals surface area contributed by atoms with Gasteiger partial charge >= 0.3 is 0 Å². The molecule has 0 unspecified atom stereocenters. The van der Waals surface area contributed by atoms with Crippen LogP contribution < -0.4 is 11.3 Å². The summed E-state index contributed by atoms with van der Waals surface area (Å²) in [5.74, 6) is -1.99. The Labute approximate surface area is 106 Å². The van der Waals surface area contributed by atoms with Crippen molar-refractivity contribution in [2.75, 3.05) is 5.73 Å². The molecule has 2 aromatic rings. The van der Waals surface area contributed by atoms with Gasteiger partial charge in [0.05, 0.1) is 11.4 Å². The quantitative estimate of drug-likeness (QED) is 0.837. The number of rotatable bonds is 1. The minimum atomic E-state index is -1.03. The summed E-state index contributed by atoms with van der Waals surface area (Å²) in [6.07, 6.45) is 0. The van der Waals surface area contributed by atoms with Crippen molar-refractivity contribution in [3.63, 3.8) is 0 Å². The number of aromatic amines is 1. The van der Waals surface area contributed by atoms with Crippen LogP contribution in [0.1, 0.15) is 5.56 Å². The van der Waals surface area contributed by atoms with E-state index >= 15 is 0 Å². The van der Waals surface area contributed by atoms with E-state index in [1.165, 1.54) is 25.1 Å². The molecule has 0 fully saturated rings. The average molecular weight is 271 g/mol. The Morgan fingerprint density at radius 2 is 1.94 bits per heavy atom. The van der Waals surface area contributed by atoms with Crippen LogP contribution in [0.15, 0.2) is 23.0 Å². The molecular weight excluding hydrogens is 262 g/mol. The topological polar surface area (TPSA) is 58.9 Å². The Hall–Kier alpha value is -1.88. The molecule has 1 heterocycles. The number of halogens is 3. The molecule has 0 bridgehead atoms. The maximum absolute atomic E-state index is 13.7. The van der Waals surface area contributed by atoms with E-state index in [0.717, 1.165) is 0 Å². The first-order valence-corrected chi connectivity index (χ1v) is 5.43. The van der Waals surface area contributed by atoms with Gasteiger partial charge in [-0.05, 0) is 24.6 Å². The molecule has 0 spiro atoms. The predicted octanol–water partition coefficient (Wildman–Crippen LogP) is 2.86. The maximum atomic E-state index is 13.7. The van der Waals surface area contributed by atoms with Crippen LogP contribution in [0.25, 0.3) is 11.3 Å². The van der Waals surface area contributed by atoms with E-state index in [1.54, 1.807) is 0 Å². The molecule has 0 atom stereocenters. The molecular formula is C12H9ClF2N2O. The number of nitrogen functional groups attached to an aromatic ring is 1. The number of H-pyrrole nitrogens is 1. The first-order valence-electron chi connectivity index (χ1n) is 5.05. The first kappa shape index (κ1) is 12.6. The molecule has 0 aliphatic rings. The zero-order valence-corrected chi connectivity index (χ0v) is 10.1. The van der Waals surface area contributed by atoms with Crippen LogP contribution in [0.3, 0.4) is 0 Å². The highest BCUT2D eigenvalue weighted by Crippen LogP contribution is 2.26. The van der Waals surface area contributed by atoms with Gasteiger partial charge in [-0.3, -0.25) is 4.79 Å². The fourth-order valence-electron chi connectivity index (χ4n) is 1.56.